The number of carbonyl (C=O) groups is 1. The molecule has 0 radical (unpaired) electrons. The van der Waals surface area contributed by atoms with Gasteiger partial charge < -0.3 is 4.90 Å². The average molecular weight is 336 g/mol. The van der Waals surface area contributed by atoms with Gasteiger partial charge in [-0.3, -0.25) is 4.79 Å². The van der Waals surface area contributed by atoms with E-state index in [4.69, 9.17) is 11.6 Å². The number of halogens is 1. The topological polar surface area (TPSA) is 20.3 Å². The molecule has 1 aliphatic rings. The highest BCUT2D eigenvalue weighted by molar-refractivity contribution is 6.34. The Morgan fingerprint density at radius 3 is 2.30 bits per heavy atom. The van der Waals surface area contributed by atoms with E-state index in [2.05, 4.69) is 39.6 Å². The van der Waals surface area contributed by atoms with E-state index in [1.807, 2.05) is 18.2 Å². The van der Waals surface area contributed by atoms with Gasteiger partial charge in [0.25, 0.3) is 0 Å². The summed E-state index contributed by atoms with van der Waals surface area (Å²) in [6, 6.07) is 5.90. The van der Waals surface area contributed by atoms with Crippen LogP contribution in [0.3, 0.4) is 0 Å². The van der Waals surface area contributed by atoms with Crippen LogP contribution in [0.5, 0.6) is 0 Å². The number of ketones is 1. The van der Waals surface area contributed by atoms with Gasteiger partial charge in [-0.2, -0.15) is 0 Å². The van der Waals surface area contributed by atoms with E-state index < -0.39 is 0 Å². The number of Topliss-reactive ketones (excluding diaryl/α,β-unsaturated/α-hetero) is 1. The highest BCUT2D eigenvalue weighted by Crippen LogP contribution is 2.33. The number of rotatable bonds is 5. The number of benzene rings is 1. The van der Waals surface area contributed by atoms with Gasteiger partial charge in [-0.05, 0) is 68.4 Å². The first-order valence-corrected chi connectivity index (χ1v) is 9.21. The molecule has 0 N–H and O–H groups in total. The summed E-state index contributed by atoms with van der Waals surface area (Å²) in [7, 11) is 2.17. The number of likely N-dealkylation sites (tertiary alicyclic amines) is 1. The minimum atomic E-state index is 0.0193. The van der Waals surface area contributed by atoms with E-state index in [0.29, 0.717) is 28.3 Å². The van der Waals surface area contributed by atoms with E-state index in [-0.39, 0.29) is 11.7 Å². The van der Waals surface area contributed by atoms with E-state index in [9.17, 15) is 4.79 Å². The van der Waals surface area contributed by atoms with Gasteiger partial charge in [0.2, 0.25) is 0 Å². The van der Waals surface area contributed by atoms with Crippen molar-refractivity contribution in [2.75, 3.05) is 20.1 Å². The molecule has 0 aliphatic carbocycles. The van der Waals surface area contributed by atoms with Gasteiger partial charge in [0, 0.05) is 11.5 Å². The van der Waals surface area contributed by atoms with Crippen LogP contribution in [0, 0.1) is 17.8 Å². The minimum absolute atomic E-state index is 0.0193. The quantitative estimate of drug-likeness (QED) is 0.684. The Balaban J connectivity index is 2.10. The lowest BCUT2D eigenvalue weighted by Gasteiger charge is -2.35. The molecule has 1 aliphatic heterocycles. The normalized spacial score (nSPS) is 19.8. The highest BCUT2D eigenvalue weighted by atomic mass is 35.5. The Morgan fingerprint density at radius 2 is 1.78 bits per heavy atom. The summed E-state index contributed by atoms with van der Waals surface area (Å²) in [6.45, 7) is 10.8. The lowest BCUT2D eigenvalue weighted by Crippen LogP contribution is -2.35. The van der Waals surface area contributed by atoms with Crippen LogP contribution in [0.2, 0.25) is 5.02 Å². The molecule has 1 aromatic carbocycles. The van der Waals surface area contributed by atoms with Crippen molar-refractivity contribution in [2.24, 2.45) is 17.8 Å². The summed E-state index contributed by atoms with van der Waals surface area (Å²) in [5, 5.41) is 0.601. The lowest BCUT2D eigenvalue weighted by molar-refractivity contribution is 0.0816. The Bertz CT molecular complexity index is 547. The Hall–Kier alpha value is -0.860. The molecule has 2 rings (SSSR count). The fraction of sp³-hybridized carbons (Fsp3) is 0.650. The number of nitrogens with zero attached hydrogens (tertiary/aromatic N) is 1. The Morgan fingerprint density at radius 1 is 1.17 bits per heavy atom. The van der Waals surface area contributed by atoms with Gasteiger partial charge in [-0.1, -0.05) is 45.4 Å². The largest absolute Gasteiger partial charge is 0.306 e. The summed E-state index contributed by atoms with van der Waals surface area (Å²) in [5.74, 6) is 1.67. The fourth-order valence-electron chi connectivity index (χ4n) is 3.54. The molecule has 0 bridgehead atoms. The summed E-state index contributed by atoms with van der Waals surface area (Å²) in [5.41, 5.74) is 1.87. The SMILES string of the molecule is CC(C)c1ccc(C(=O)C(C)C(C)C2CCN(C)CC2)c(Cl)c1. The van der Waals surface area contributed by atoms with Crippen LogP contribution >= 0.6 is 11.6 Å². The van der Waals surface area contributed by atoms with Crippen LogP contribution < -0.4 is 0 Å². The van der Waals surface area contributed by atoms with Gasteiger partial charge in [0.05, 0.1) is 5.02 Å². The first-order valence-electron chi connectivity index (χ1n) is 8.83. The van der Waals surface area contributed by atoms with E-state index in [1.54, 1.807) is 0 Å². The van der Waals surface area contributed by atoms with Crippen molar-refractivity contribution in [3.05, 3.63) is 34.3 Å². The van der Waals surface area contributed by atoms with Crippen molar-refractivity contribution in [1.82, 2.24) is 4.90 Å². The maximum Gasteiger partial charge on any atom is 0.167 e. The standard InChI is InChI=1S/C20H30ClNO/c1-13(2)17-6-7-18(19(21)12-17)20(23)15(4)14(3)16-8-10-22(5)11-9-16/h6-7,12-16H,8-11H2,1-5H3. The molecule has 1 heterocycles. The molecule has 1 aromatic rings. The molecule has 0 saturated carbocycles. The van der Waals surface area contributed by atoms with Gasteiger partial charge in [0.15, 0.2) is 5.78 Å². The second kappa shape index (κ2) is 7.81. The zero-order chi connectivity index (χ0) is 17.1. The third kappa shape index (κ3) is 4.36. The van der Waals surface area contributed by atoms with Gasteiger partial charge >= 0.3 is 0 Å². The van der Waals surface area contributed by atoms with Crippen LogP contribution in [0.15, 0.2) is 18.2 Å². The molecule has 2 unspecified atom stereocenters. The van der Waals surface area contributed by atoms with Crippen molar-refractivity contribution in [3.8, 4) is 0 Å². The van der Waals surface area contributed by atoms with Gasteiger partial charge in [-0.25, -0.2) is 0 Å². The molecule has 0 spiro atoms. The van der Waals surface area contributed by atoms with Crippen LogP contribution in [0.1, 0.15) is 62.4 Å². The third-order valence-corrected chi connectivity index (χ3v) is 5.95. The van der Waals surface area contributed by atoms with E-state index in [1.165, 1.54) is 18.4 Å². The molecule has 2 atom stereocenters. The molecule has 3 heteroatoms. The molecular weight excluding hydrogens is 306 g/mol. The molecule has 1 saturated heterocycles. The predicted octanol–water partition coefficient (Wildman–Crippen LogP) is 5.26. The molecule has 0 amide bonds. The second-order valence-electron chi connectivity index (χ2n) is 7.55. The first-order chi connectivity index (χ1) is 10.8. The van der Waals surface area contributed by atoms with Crippen molar-refractivity contribution >= 4 is 17.4 Å². The molecule has 1 fully saturated rings. The van der Waals surface area contributed by atoms with Crippen LogP contribution in [-0.2, 0) is 0 Å². The Labute approximate surface area is 146 Å². The summed E-state index contributed by atoms with van der Waals surface area (Å²) >= 11 is 6.39. The average Bonchev–Trinajstić information content (AvgIpc) is 2.53. The van der Waals surface area contributed by atoms with Crippen molar-refractivity contribution in [2.45, 2.75) is 46.5 Å². The van der Waals surface area contributed by atoms with Crippen LogP contribution in [0.4, 0.5) is 0 Å². The zero-order valence-corrected chi connectivity index (χ0v) is 15.9. The van der Waals surface area contributed by atoms with Crippen LogP contribution in [-0.4, -0.2) is 30.8 Å². The predicted molar refractivity (Wildman–Crippen MR) is 98.4 cm³/mol. The fourth-order valence-corrected chi connectivity index (χ4v) is 3.82. The molecule has 0 aromatic heterocycles. The minimum Gasteiger partial charge on any atom is -0.306 e. The van der Waals surface area contributed by atoms with Crippen molar-refractivity contribution < 1.29 is 4.79 Å². The first kappa shape index (κ1) is 18.5. The summed E-state index contributed by atoms with van der Waals surface area (Å²) < 4.78 is 0. The van der Waals surface area contributed by atoms with Crippen molar-refractivity contribution in [1.29, 1.82) is 0 Å². The molecule has 23 heavy (non-hydrogen) atoms. The number of carbonyl (C=O) groups excluding carboxylic acids is 1. The maximum absolute atomic E-state index is 12.9. The monoisotopic (exact) mass is 335 g/mol. The molecule has 2 nitrogen and oxygen atoms in total. The van der Waals surface area contributed by atoms with Crippen molar-refractivity contribution in [3.63, 3.8) is 0 Å². The number of piperidine rings is 1. The number of hydrogen-bond acceptors (Lipinski definition) is 2. The zero-order valence-electron chi connectivity index (χ0n) is 15.1. The van der Waals surface area contributed by atoms with Gasteiger partial charge in [-0.15, -0.1) is 0 Å². The molecular formula is C20H30ClNO. The maximum atomic E-state index is 12.9. The van der Waals surface area contributed by atoms with E-state index in [0.717, 1.165) is 13.1 Å². The lowest BCUT2D eigenvalue weighted by atomic mass is 9.76. The third-order valence-electron chi connectivity index (χ3n) is 5.63. The highest BCUT2D eigenvalue weighted by Gasteiger charge is 2.30. The molecule has 128 valence electrons. The summed E-state index contributed by atoms with van der Waals surface area (Å²) in [4.78, 5) is 15.3. The van der Waals surface area contributed by atoms with E-state index >= 15 is 0 Å². The Kier molecular flexibility index (Phi) is 6.27. The summed E-state index contributed by atoms with van der Waals surface area (Å²) in [6.07, 6.45) is 2.38. The van der Waals surface area contributed by atoms with Gasteiger partial charge in [0.1, 0.15) is 0 Å². The smallest absolute Gasteiger partial charge is 0.167 e. The second-order valence-corrected chi connectivity index (χ2v) is 7.95. The van der Waals surface area contributed by atoms with Crippen LogP contribution in [0.25, 0.3) is 0 Å². The number of hydrogen-bond donors (Lipinski definition) is 0.